The van der Waals surface area contributed by atoms with Crippen LogP contribution >= 0.6 is 0 Å². The lowest BCUT2D eigenvalue weighted by atomic mass is 9.88. The van der Waals surface area contributed by atoms with Crippen molar-refractivity contribution in [1.29, 1.82) is 5.41 Å². The number of aryl methyl sites for hydroxylation is 1. The molecule has 2 aromatic carbocycles. The first-order valence-electron chi connectivity index (χ1n) is 9.35. The highest BCUT2D eigenvalue weighted by Crippen LogP contribution is 2.44. The minimum Gasteiger partial charge on any atom is -0.478 e. The van der Waals surface area contributed by atoms with Gasteiger partial charge in [-0.15, -0.1) is 0 Å². The summed E-state index contributed by atoms with van der Waals surface area (Å²) in [6, 6.07) is 14.2. The lowest BCUT2D eigenvalue weighted by molar-refractivity contribution is 0.0697. The molecule has 29 heavy (non-hydrogen) atoms. The van der Waals surface area contributed by atoms with Gasteiger partial charge >= 0.3 is 5.97 Å². The number of carboxylic acid groups (broad SMARTS) is 1. The van der Waals surface area contributed by atoms with Crippen molar-refractivity contribution in [2.24, 2.45) is 0 Å². The van der Waals surface area contributed by atoms with Gasteiger partial charge in [-0.1, -0.05) is 18.2 Å². The minimum atomic E-state index is -0.973. The van der Waals surface area contributed by atoms with Gasteiger partial charge in [0.1, 0.15) is 11.3 Å². The fourth-order valence-electron chi connectivity index (χ4n) is 3.96. The van der Waals surface area contributed by atoms with E-state index in [4.69, 9.17) is 9.83 Å². The molecular formula is C24H22N2O3. The van der Waals surface area contributed by atoms with Gasteiger partial charge in [0.25, 0.3) is 0 Å². The summed E-state index contributed by atoms with van der Waals surface area (Å²) in [6.07, 6.45) is 0. The molecular weight excluding hydrogens is 364 g/mol. The molecule has 2 aliphatic rings. The van der Waals surface area contributed by atoms with Gasteiger partial charge in [-0.3, -0.25) is 0 Å². The number of rotatable bonds is 3. The molecule has 0 amide bonds. The second-order valence-electron chi connectivity index (χ2n) is 7.45. The standard InChI is InChI=1S/C24H22N2O3/c1-13-14(2)22-21(12-19(13)26(3)4)29-20-11-15(25)9-10-18(20)23(22)16-7-5-6-8-17(16)24(27)28/h5-12,25H,1-4H3,(H,27,28). The van der Waals surface area contributed by atoms with Crippen molar-refractivity contribution in [3.05, 3.63) is 70.6 Å². The Morgan fingerprint density at radius 1 is 1.00 bits per heavy atom. The summed E-state index contributed by atoms with van der Waals surface area (Å²) >= 11 is 0. The van der Waals surface area contributed by atoms with Crippen LogP contribution in [-0.4, -0.2) is 25.2 Å². The van der Waals surface area contributed by atoms with Crippen molar-refractivity contribution in [3.63, 3.8) is 0 Å². The summed E-state index contributed by atoms with van der Waals surface area (Å²) in [5.74, 6) is -0.410. The van der Waals surface area contributed by atoms with Gasteiger partial charge in [0.2, 0.25) is 0 Å². The van der Waals surface area contributed by atoms with Crippen LogP contribution < -0.4 is 10.3 Å². The molecule has 1 aliphatic carbocycles. The third kappa shape index (κ3) is 2.95. The van der Waals surface area contributed by atoms with Gasteiger partial charge in [-0.25, -0.2) is 4.79 Å². The Hall–Kier alpha value is -3.60. The van der Waals surface area contributed by atoms with Crippen molar-refractivity contribution in [2.45, 2.75) is 13.8 Å². The summed E-state index contributed by atoms with van der Waals surface area (Å²) < 4.78 is 6.22. The molecule has 0 saturated heterocycles. The highest BCUT2D eigenvalue weighted by atomic mass is 16.4. The van der Waals surface area contributed by atoms with E-state index in [1.807, 2.05) is 50.2 Å². The maximum atomic E-state index is 12.0. The summed E-state index contributed by atoms with van der Waals surface area (Å²) in [6.45, 7) is 4.10. The number of carboxylic acids is 1. The predicted molar refractivity (Wildman–Crippen MR) is 115 cm³/mol. The molecule has 5 heteroatoms. The molecule has 2 N–H and O–H groups in total. The average molecular weight is 386 g/mol. The number of aromatic carboxylic acids is 1. The number of nitrogens with zero attached hydrogens (tertiary/aromatic N) is 1. The van der Waals surface area contributed by atoms with Gasteiger partial charge in [0.05, 0.1) is 10.9 Å². The number of anilines is 1. The van der Waals surface area contributed by atoms with E-state index in [1.54, 1.807) is 24.3 Å². The number of hydrogen-bond donors (Lipinski definition) is 2. The van der Waals surface area contributed by atoms with Crippen LogP contribution in [0.2, 0.25) is 0 Å². The fraction of sp³-hybridized carbons (Fsp3) is 0.167. The van der Waals surface area contributed by atoms with E-state index in [2.05, 4.69) is 6.92 Å². The third-order valence-electron chi connectivity index (χ3n) is 5.47. The highest BCUT2D eigenvalue weighted by Gasteiger charge is 2.23. The quantitative estimate of drug-likeness (QED) is 0.482. The number of fused-ring (bicyclic) bond motifs is 2. The van der Waals surface area contributed by atoms with E-state index < -0.39 is 5.97 Å². The average Bonchev–Trinajstić information content (AvgIpc) is 2.68. The van der Waals surface area contributed by atoms with Crippen molar-refractivity contribution < 1.29 is 14.3 Å². The molecule has 0 bridgehead atoms. The van der Waals surface area contributed by atoms with Crippen molar-refractivity contribution in [2.75, 3.05) is 19.0 Å². The SMILES string of the molecule is Cc1c(N(C)C)cc2oc3cc(=N)ccc-3c(-c3ccccc3C(=O)O)c2c1C. The Labute approximate surface area is 168 Å². The largest absolute Gasteiger partial charge is 0.478 e. The molecule has 0 fully saturated rings. The summed E-state index contributed by atoms with van der Waals surface area (Å²) in [5, 5.41) is 19.0. The van der Waals surface area contributed by atoms with Crippen LogP contribution in [-0.2, 0) is 0 Å². The fourth-order valence-corrected chi connectivity index (χ4v) is 3.96. The number of carbonyl (C=O) groups is 1. The van der Waals surface area contributed by atoms with Crippen LogP contribution in [0, 0.1) is 19.3 Å². The minimum absolute atomic E-state index is 0.241. The maximum Gasteiger partial charge on any atom is 0.336 e. The first-order chi connectivity index (χ1) is 13.8. The van der Waals surface area contributed by atoms with Crippen molar-refractivity contribution >= 4 is 22.6 Å². The number of hydrogen-bond acceptors (Lipinski definition) is 4. The van der Waals surface area contributed by atoms with E-state index in [0.29, 0.717) is 22.3 Å². The Morgan fingerprint density at radius 2 is 1.72 bits per heavy atom. The molecule has 146 valence electrons. The normalized spacial score (nSPS) is 11.2. The topological polar surface area (TPSA) is 77.5 Å². The Morgan fingerprint density at radius 3 is 2.41 bits per heavy atom. The maximum absolute atomic E-state index is 12.0. The van der Waals surface area contributed by atoms with Crippen molar-refractivity contribution in [3.8, 4) is 22.5 Å². The second kappa shape index (κ2) is 6.78. The van der Waals surface area contributed by atoms with Gasteiger partial charge in [-0.05, 0) is 48.7 Å². The molecule has 5 nitrogen and oxygen atoms in total. The zero-order valence-electron chi connectivity index (χ0n) is 16.8. The molecule has 2 aromatic rings. The van der Waals surface area contributed by atoms with Crippen LogP contribution in [0.15, 0.2) is 52.9 Å². The predicted octanol–water partition coefficient (Wildman–Crippen LogP) is 5.07. The van der Waals surface area contributed by atoms with Crippen LogP contribution in [0.5, 0.6) is 0 Å². The third-order valence-corrected chi connectivity index (χ3v) is 5.47. The zero-order chi connectivity index (χ0) is 20.9. The summed E-state index contributed by atoms with van der Waals surface area (Å²) in [4.78, 5) is 14.0. The lowest BCUT2D eigenvalue weighted by Gasteiger charge is -2.23. The number of benzene rings is 3. The van der Waals surface area contributed by atoms with E-state index in [0.717, 1.165) is 33.3 Å². The van der Waals surface area contributed by atoms with Crippen LogP contribution in [0.25, 0.3) is 33.4 Å². The van der Waals surface area contributed by atoms with Crippen LogP contribution in [0.1, 0.15) is 21.5 Å². The summed E-state index contributed by atoms with van der Waals surface area (Å²) in [7, 11) is 3.97. The highest BCUT2D eigenvalue weighted by molar-refractivity contribution is 6.09. The molecule has 0 aromatic heterocycles. The molecule has 0 unspecified atom stereocenters. The molecule has 0 spiro atoms. The molecule has 0 saturated carbocycles. The smallest absolute Gasteiger partial charge is 0.336 e. The lowest BCUT2D eigenvalue weighted by Crippen LogP contribution is -2.11. The summed E-state index contributed by atoms with van der Waals surface area (Å²) in [5.41, 5.74) is 6.37. The first-order valence-corrected chi connectivity index (χ1v) is 9.35. The van der Waals surface area contributed by atoms with Crippen molar-refractivity contribution in [1.82, 2.24) is 0 Å². The van der Waals surface area contributed by atoms with Gasteiger partial charge < -0.3 is 19.8 Å². The van der Waals surface area contributed by atoms with E-state index in [9.17, 15) is 9.90 Å². The van der Waals surface area contributed by atoms with Gasteiger partial charge in [0.15, 0.2) is 0 Å². The van der Waals surface area contributed by atoms with E-state index in [-0.39, 0.29) is 5.56 Å². The Balaban J connectivity index is 2.27. The molecule has 4 rings (SSSR count). The molecule has 1 aliphatic heterocycles. The molecule has 1 heterocycles. The van der Waals surface area contributed by atoms with E-state index >= 15 is 0 Å². The number of nitrogens with one attached hydrogen (secondary N) is 1. The molecule has 0 radical (unpaired) electrons. The zero-order valence-corrected chi connectivity index (χ0v) is 16.8. The molecule has 0 atom stereocenters. The van der Waals surface area contributed by atoms with Gasteiger partial charge in [0, 0.05) is 48.4 Å². The first kappa shape index (κ1) is 18.7. The van der Waals surface area contributed by atoms with Gasteiger partial charge in [-0.2, -0.15) is 0 Å². The second-order valence-corrected chi connectivity index (χ2v) is 7.45. The Bertz CT molecular complexity index is 1300. The Kier molecular flexibility index (Phi) is 4.38. The van der Waals surface area contributed by atoms with E-state index in [1.165, 1.54) is 0 Å². The van der Waals surface area contributed by atoms with Crippen LogP contribution in [0.4, 0.5) is 5.69 Å². The monoisotopic (exact) mass is 386 g/mol. The van der Waals surface area contributed by atoms with Crippen LogP contribution in [0.3, 0.4) is 0 Å².